The van der Waals surface area contributed by atoms with Crippen molar-refractivity contribution in [2.24, 2.45) is 0 Å². The molecule has 1 aliphatic heterocycles. The second-order valence-electron chi connectivity index (χ2n) is 9.29. The van der Waals surface area contributed by atoms with Crippen molar-refractivity contribution in [2.45, 2.75) is 33.0 Å². The number of tetrazole rings is 1. The normalized spacial score (nSPS) is 16.2. The minimum Gasteiger partial charge on any atom is -0.490 e. The van der Waals surface area contributed by atoms with Gasteiger partial charge in [0, 0.05) is 43.3 Å². The molecule has 0 spiro atoms. The summed E-state index contributed by atoms with van der Waals surface area (Å²) in [6, 6.07) is 9.39. The van der Waals surface area contributed by atoms with Crippen molar-refractivity contribution in [3.63, 3.8) is 0 Å². The SMILES string of the molecule is Cc1nnn(Cc2cc(Cl)ccc2/C=C/C(=O)N2CCN(Cc3ccc(OCCOCC[18F])cn3)C[C@H]2C)n1. The lowest BCUT2D eigenvalue weighted by molar-refractivity contribution is -0.130. The molecule has 208 valence electrons. The number of piperazine rings is 1. The highest BCUT2D eigenvalue weighted by Gasteiger charge is 2.26. The third-order valence-corrected chi connectivity index (χ3v) is 6.51. The van der Waals surface area contributed by atoms with Gasteiger partial charge in [0.25, 0.3) is 0 Å². The monoisotopic (exact) mass is 556 g/mol. The summed E-state index contributed by atoms with van der Waals surface area (Å²) < 4.78 is 22.7. The number of amides is 1. The molecule has 12 heteroatoms. The highest BCUT2D eigenvalue weighted by atomic mass is 35.5. The van der Waals surface area contributed by atoms with Crippen LogP contribution in [0.4, 0.5) is 4.39 Å². The number of hydrogen-bond acceptors (Lipinski definition) is 8. The lowest BCUT2D eigenvalue weighted by atomic mass is 10.1. The topological polar surface area (TPSA) is 98.5 Å². The van der Waals surface area contributed by atoms with E-state index >= 15 is 0 Å². The molecule has 0 unspecified atom stereocenters. The molecule has 10 nitrogen and oxygen atoms in total. The number of rotatable bonds is 12. The number of aromatic nitrogens is 5. The molecule has 1 aliphatic rings. The molecule has 39 heavy (non-hydrogen) atoms. The van der Waals surface area contributed by atoms with Crippen molar-refractivity contribution in [1.82, 2.24) is 35.0 Å². The van der Waals surface area contributed by atoms with E-state index in [2.05, 4.69) is 32.2 Å². The Kier molecular flexibility index (Phi) is 10.3. The van der Waals surface area contributed by atoms with Gasteiger partial charge in [-0.3, -0.25) is 14.7 Å². The Bertz CT molecular complexity index is 1250. The number of carbonyl (C=O) groups is 1. The lowest BCUT2D eigenvalue weighted by Gasteiger charge is -2.39. The zero-order valence-corrected chi connectivity index (χ0v) is 22.9. The summed E-state index contributed by atoms with van der Waals surface area (Å²) >= 11 is 6.21. The molecular weight excluding hydrogens is 524 g/mol. The maximum atomic E-state index is 13.1. The number of carbonyl (C=O) groups excluding carboxylic acids is 1. The molecular formula is C27H33ClFN7O3. The van der Waals surface area contributed by atoms with E-state index in [0.717, 1.165) is 29.9 Å². The quantitative estimate of drug-likeness (QED) is 0.248. The molecule has 3 aromatic rings. The number of hydrogen-bond donors (Lipinski definition) is 0. The van der Waals surface area contributed by atoms with Gasteiger partial charge in [0.1, 0.15) is 19.0 Å². The Morgan fingerprint density at radius 2 is 2.05 bits per heavy atom. The highest BCUT2D eigenvalue weighted by Crippen LogP contribution is 2.20. The predicted molar refractivity (Wildman–Crippen MR) is 145 cm³/mol. The van der Waals surface area contributed by atoms with Crippen LogP contribution in [0.2, 0.25) is 5.02 Å². The third-order valence-electron chi connectivity index (χ3n) is 6.27. The molecule has 0 aliphatic carbocycles. The van der Waals surface area contributed by atoms with Gasteiger partial charge >= 0.3 is 0 Å². The van der Waals surface area contributed by atoms with Crippen LogP contribution < -0.4 is 4.74 Å². The summed E-state index contributed by atoms with van der Waals surface area (Å²) in [7, 11) is 0. The van der Waals surface area contributed by atoms with Crippen molar-refractivity contribution in [3.8, 4) is 5.75 Å². The minimum absolute atomic E-state index is 0.0344. The number of alkyl halides is 1. The van der Waals surface area contributed by atoms with Crippen LogP contribution >= 0.6 is 11.6 Å². The van der Waals surface area contributed by atoms with Crippen molar-refractivity contribution in [1.29, 1.82) is 0 Å². The average molecular weight is 557 g/mol. The zero-order chi connectivity index (χ0) is 27.6. The third kappa shape index (κ3) is 8.54. The van der Waals surface area contributed by atoms with Gasteiger partial charge in [0.15, 0.2) is 5.82 Å². The Hall–Kier alpha value is -3.41. The van der Waals surface area contributed by atoms with Crippen LogP contribution in [0.5, 0.6) is 5.75 Å². The van der Waals surface area contributed by atoms with E-state index in [1.165, 1.54) is 4.80 Å². The smallest absolute Gasteiger partial charge is 0.246 e. The van der Waals surface area contributed by atoms with Crippen LogP contribution in [0.15, 0.2) is 42.6 Å². The largest absolute Gasteiger partial charge is 0.490 e. The molecule has 1 saturated heterocycles. The molecule has 1 amide bonds. The van der Waals surface area contributed by atoms with Gasteiger partial charge < -0.3 is 14.4 Å². The first-order valence-electron chi connectivity index (χ1n) is 12.9. The Morgan fingerprint density at radius 3 is 2.77 bits per heavy atom. The second kappa shape index (κ2) is 14.1. The first-order chi connectivity index (χ1) is 18.9. The van der Waals surface area contributed by atoms with Gasteiger partial charge in [-0.1, -0.05) is 17.7 Å². The van der Waals surface area contributed by atoms with Crippen molar-refractivity contribution in [2.75, 3.05) is 46.1 Å². The number of pyridine rings is 1. The summed E-state index contributed by atoms with van der Waals surface area (Å²) in [4.78, 5) is 23.2. The summed E-state index contributed by atoms with van der Waals surface area (Å²) in [6.45, 7) is 7.31. The van der Waals surface area contributed by atoms with E-state index in [1.54, 1.807) is 25.3 Å². The lowest BCUT2D eigenvalue weighted by Crippen LogP contribution is -2.53. The van der Waals surface area contributed by atoms with E-state index in [4.69, 9.17) is 21.1 Å². The van der Waals surface area contributed by atoms with Crippen LogP contribution in [0, 0.1) is 6.92 Å². The first-order valence-corrected chi connectivity index (χ1v) is 13.2. The standard InChI is InChI=1S/C27H33ClFN7O3/c1-20-17-34(19-25-6-7-26(16-30-25)39-14-13-38-12-9-29)10-11-35(20)27(37)8-4-22-3-5-24(28)15-23(22)18-36-32-21(2)31-33-36/h3-8,15-16,20H,9-14,17-19H2,1-2H3/b8-4+/t20-/m1/s1/i29-1. The molecule has 2 aromatic heterocycles. The summed E-state index contributed by atoms with van der Waals surface area (Å²) in [5.74, 6) is 1.20. The van der Waals surface area contributed by atoms with Crippen molar-refractivity contribution in [3.05, 3.63) is 70.3 Å². The Labute approximate surface area is 232 Å². The Morgan fingerprint density at radius 1 is 1.18 bits per heavy atom. The molecule has 1 aromatic carbocycles. The summed E-state index contributed by atoms with van der Waals surface area (Å²) in [5.41, 5.74) is 2.70. The van der Waals surface area contributed by atoms with Gasteiger partial charge in [-0.25, -0.2) is 4.39 Å². The molecule has 0 bridgehead atoms. The zero-order valence-electron chi connectivity index (χ0n) is 22.2. The molecule has 1 fully saturated rings. The van der Waals surface area contributed by atoms with Gasteiger partial charge in [-0.05, 0) is 60.5 Å². The summed E-state index contributed by atoms with van der Waals surface area (Å²) in [5, 5.41) is 12.8. The fourth-order valence-corrected chi connectivity index (χ4v) is 4.57. The van der Waals surface area contributed by atoms with Crippen LogP contribution in [0.1, 0.15) is 29.6 Å². The molecule has 0 radical (unpaired) electrons. The van der Waals surface area contributed by atoms with Crippen LogP contribution in [-0.4, -0.2) is 93.1 Å². The fraction of sp³-hybridized carbons (Fsp3) is 0.444. The maximum absolute atomic E-state index is 13.1. The maximum Gasteiger partial charge on any atom is 0.246 e. The molecule has 0 saturated carbocycles. The van der Waals surface area contributed by atoms with Crippen molar-refractivity contribution < 1.29 is 18.7 Å². The molecule has 1 atom stereocenters. The predicted octanol–water partition coefficient (Wildman–Crippen LogP) is 3.19. The van der Waals surface area contributed by atoms with Gasteiger partial charge in [0.05, 0.1) is 31.6 Å². The van der Waals surface area contributed by atoms with Gasteiger partial charge in [-0.2, -0.15) is 4.80 Å². The molecule has 0 N–H and O–H groups in total. The minimum atomic E-state index is -0.498. The van der Waals surface area contributed by atoms with Crippen LogP contribution in [0.3, 0.4) is 0 Å². The van der Waals surface area contributed by atoms with E-state index < -0.39 is 6.67 Å². The first kappa shape index (κ1) is 28.6. The van der Waals surface area contributed by atoms with E-state index in [1.807, 2.05) is 35.2 Å². The van der Waals surface area contributed by atoms with Crippen LogP contribution in [-0.2, 0) is 22.6 Å². The second-order valence-corrected chi connectivity index (χ2v) is 9.73. The van der Waals surface area contributed by atoms with E-state index in [-0.39, 0.29) is 18.6 Å². The highest BCUT2D eigenvalue weighted by molar-refractivity contribution is 6.30. The van der Waals surface area contributed by atoms with Gasteiger partial charge in [0.2, 0.25) is 5.91 Å². The average Bonchev–Trinajstić information content (AvgIpc) is 3.33. The number of nitrogens with zero attached hydrogens (tertiary/aromatic N) is 7. The van der Waals surface area contributed by atoms with Crippen molar-refractivity contribution >= 4 is 23.6 Å². The van der Waals surface area contributed by atoms with E-state index in [9.17, 15) is 9.18 Å². The Balaban J connectivity index is 1.28. The molecule has 4 rings (SSSR count). The van der Waals surface area contributed by atoms with Crippen LogP contribution in [0.25, 0.3) is 6.08 Å². The number of aryl methyl sites for hydroxylation is 1. The summed E-state index contributed by atoms with van der Waals surface area (Å²) in [6.07, 6.45) is 5.11. The van der Waals surface area contributed by atoms with E-state index in [0.29, 0.717) is 49.4 Å². The number of halogens is 2. The number of ether oxygens (including phenoxy) is 2. The molecule has 3 heterocycles. The fourth-order valence-electron chi connectivity index (χ4n) is 4.37. The number of benzene rings is 1. The van der Waals surface area contributed by atoms with Gasteiger partial charge in [-0.15, -0.1) is 10.2 Å².